The molecule has 0 saturated heterocycles. The van der Waals surface area contributed by atoms with Gasteiger partial charge in [-0.1, -0.05) is 24.3 Å². The molecular formula is C14H20OS. The Morgan fingerprint density at radius 3 is 2.94 bits per heavy atom. The zero-order valence-corrected chi connectivity index (χ0v) is 11.0. The summed E-state index contributed by atoms with van der Waals surface area (Å²) in [5.74, 6) is 2.48. The van der Waals surface area contributed by atoms with Crippen molar-refractivity contribution >= 4 is 12.6 Å². The fourth-order valence-electron chi connectivity index (χ4n) is 1.66. The first-order valence-corrected chi connectivity index (χ1v) is 6.29. The Bertz CT molecular complexity index is 348. The molecule has 0 atom stereocenters. The van der Waals surface area contributed by atoms with Gasteiger partial charge in [-0.25, -0.2) is 0 Å². The van der Waals surface area contributed by atoms with Crippen molar-refractivity contribution in [3.63, 3.8) is 0 Å². The molecule has 0 radical (unpaired) electrons. The van der Waals surface area contributed by atoms with Crippen molar-refractivity contribution in [3.05, 3.63) is 47.5 Å². The van der Waals surface area contributed by atoms with Crippen LogP contribution in [0.25, 0.3) is 0 Å². The summed E-state index contributed by atoms with van der Waals surface area (Å²) in [4.78, 5) is 0. The highest BCUT2D eigenvalue weighted by atomic mass is 32.1. The van der Waals surface area contributed by atoms with Crippen molar-refractivity contribution in [2.75, 3.05) is 5.75 Å². The Balaban J connectivity index is 2.91. The molecule has 0 aromatic rings. The van der Waals surface area contributed by atoms with Gasteiger partial charge in [0.25, 0.3) is 0 Å². The molecule has 0 N–H and O–H groups in total. The molecule has 1 aliphatic rings. The molecule has 0 fully saturated rings. The molecule has 0 heterocycles. The Labute approximate surface area is 104 Å². The zero-order chi connectivity index (χ0) is 12.0. The van der Waals surface area contributed by atoms with Crippen LogP contribution >= 0.6 is 12.6 Å². The number of hydrogen-bond acceptors (Lipinski definition) is 2. The van der Waals surface area contributed by atoms with E-state index in [0.717, 1.165) is 36.5 Å². The second-order valence-corrected chi connectivity index (χ2v) is 4.47. The quantitative estimate of drug-likeness (QED) is 0.549. The first-order chi connectivity index (χ1) is 7.65. The van der Waals surface area contributed by atoms with Gasteiger partial charge in [0.2, 0.25) is 0 Å². The number of allylic oxidation sites excluding steroid dienone is 5. The van der Waals surface area contributed by atoms with Gasteiger partial charge in [-0.15, -0.1) is 0 Å². The predicted molar refractivity (Wildman–Crippen MR) is 73.5 cm³/mol. The van der Waals surface area contributed by atoms with E-state index in [-0.39, 0.29) is 0 Å². The van der Waals surface area contributed by atoms with E-state index >= 15 is 0 Å². The lowest BCUT2D eigenvalue weighted by molar-refractivity contribution is 0.317. The van der Waals surface area contributed by atoms with Crippen LogP contribution in [0.15, 0.2) is 47.5 Å². The van der Waals surface area contributed by atoms with Gasteiger partial charge in [0, 0.05) is 5.57 Å². The molecule has 1 nitrogen and oxygen atoms in total. The lowest BCUT2D eigenvalue weighted by atomic mass is 9.97. The van der Waals surface area contributed by atoms with E-state index in [2.05, 4.69) is 44.4 Å². The lowest BCUT2D eigenvalue weighted by Gasteiger charge is -2.16. The van der Waals surface area contributed by atoms with Gasteiger partial charge in [-0.3, -0.25) is 0 Å². The van der Waals surface area contributed by atoms with Gasteiger partial charge >= 0.3 is 0 Å². The second kappa shape index (κ2) is 6.64. The smallest absolute Gasteiger partial charge is 0.130 e. The van der Waals surface area contributed by atoms with Crippen LogP contribution in [0.3, 0.4) is 0 Å². The van der Waals surface area contributed by atoms with Crippen LogP contribution in [0.5, 0.6) is 0 Å². The molecular weight excluding hydrogens is 216 g/mol. The highest BCUT2D eigenvalue weighted by Gasteiger charge is 2.10. The third-order valence-electron chi connectivity index (χ3n) is 2.44. The molecule has 2 heteroatoms. The van der Waals surface area contributed by atoms with Crippen LogP contribution in [0.4, 0.5) is 0 Å². The lowest BCUT2D eigenvalue weighted by Crippen LogP contribution is -1.99. The van der Waals surface area contributed by atoms with Crippen molar-refractivity contribution in [2.24, 2.45) is 0 Å². The van der Waals surface area contributed by atoms with Crippen LogP contribution < -0.4 is 0 Å². The zero-order valence-electron chi connectivity index (χ0n) is 10.1. The number of thiol groups is 1. The molecule has 0 aliphatic heterocycles. The third-order valence-corrected chi connectivity index (χ3v) is 2.70. The third kappa shape index (κ3) is 3.93. The summed E-state index contributed by atoms with van der Waals surface area (Å²) in [5.41, 5.74) is 2.59. The molecule has 0 aromatic heterocycles. The molecule has 0 spiro atoms. The Morgan fingerprint density at radius 1 is 1.62 bits per heavy atom. The van der Waals surface area contributed by atoms with E-state index in [1.54, 1.807) is 0 Å². The molecule has 0 aromatic carbocycles. The van der Waals surface area contributed by atoms with Gasteiger partial charge in [0.15, 0.2) is 0 Å². The average Bonchev–Trinajstić information content (AvgIpc) is 2.24. The van der Waals surface area contributed by atoms with E-state index in [9.17, 15) is 0 Å². The van der Waals surface area contributed by atoms with Gasteiger partial charge < -0.3 is 4.74 Å². The van der Waals surface area contributed by atoms with Gasteiger partial charge in [0.05, 0.1) is 5.76 Å². The largest absolute Gasteiger partial charge is 0.462 e. The summed E-state index contributed by atoms with van der Waals surface area (Å²) in [6, 6.07) is 0. The van der Waals surface area contributed by atoms with E-state index < -0.39 is 0 Å². The van der Waals surface area contributed by atoms with Crippen molar-refractivity contribution in [1.29, 1.82) is 0 Å². The average molecular weight is 236 g/mol. The highest BCUT2D eigenvalue weighted by molar-refractivity contribution is 7.80. The van der Waals surface area contributed by atoms with Crippen molar-refractivity contribution in [3.8, 4) is 0 Å². The maximum atomic E-state index is 5.69. The number of ether oxygens (including phenoxy) is 1. The SMILES string of the molecule is C=C(C)O/C(=C\CCS)C1=C(C)CCC=C1. The summed E-state index contributed by atoms with van der Waals surface area (Å²) in [6.45, 7) is 7.83. The van der Waals surface area contributed by atoms with Crippen LogP contribution in [0, 0.1) is 0 Å². The monoisotopic (exact) mass is 236 g/mol. The minimum absolute atomic E-state index is 0.727. The minimum atomic E-state index is 0.727. The van der Waals surface area contributed by atoms with Crippen molar-refractivity contribution < 1.29 is 4.74 Å². The van der Waals surface area contributed by atoms with Crippen LogP contribution in [-0.2, 0) is 4.74 Å². The Morgan fingerprint density at radius 2 is 2.38 bits per heavy atom. The summed E-state index contributed by atoms with van der Waals surface area (Å²) < 4.78 is 5.69. The number of rotatable bonds is 5. The van der Waals surface area contributed by atoms with Crippen LogP contribution in [0.2, 0.25) is 0 Å². The summed E-state index contributed by atoms with van der Waals surface area (Å²) in [6.07, 6.45) is 9.59. The Kier molecular flexibility index (Phi) is 5.47. The van der Waals surface area contributed by atoms with E-state index in [1.165, 1.54) is 11.1 Å². The fraction of sp³-hybridized carbons (Fsp3) is 0.429. The van der Waals surface area contributed by atoms with Crippen molar-refractivity contribution in [1.82, 2.24) is 0 Å². The minimum Gasteiger partial charge on any atom is -0.462 e. The van der Waals surface area contributed by atoms with Crippen molar-refractivity contribution in [2.45, 2.75) is 33.1 Å². The van der Waals surface area contributed by atoms with Crippen LogP contribution in [-0.4, -0.2) is 5.75 Å². The van der Waals surface area contributed by atoms with E-state index in [1.807, 2.05) is 6.92 Å². The van der Waals surface area contributed by atoms with Gasteiger partial charge in [0.1, 0.15) is 5.76 Å². The molecule has 1 rings (SSSR count). The molecule has 0 amide bonds. The normalized spacial score (nSPS) is 16.6. The maximum Gasteiger partial charge on any atom is 0.130 e. The summed E-state index contributed by atoms with van der Waals surface area (Å²) in [5, 5.41) is 0. The van der Waals surface area contributed by atoms with E-state index in [0.29, 0.717) is 0 Å². The summed E-state index contributed by atoms with van der Waals surface area (Å²) in [7, 11) is 0. The number of hydrogen-bond donors (Lipinski definition) is 1. The second-order valence-electron chi connectivity index (χ2n) is 4.02. The molecule has 0 bridgehead atoms. The molecule has 1 aliphatic carbocycles. The fourth-order valence-corrected chi connectivity index (χ4v) is 1.79. The van der Waals surface area contributed by atoms with E-state index in [4.69, 9.17) is 4.74 Å². The first kappa shape index (κ1) is 13.2. The maximum absolute atomic E-state index is 5.69. The Hall–Kier alpha value is -0.890. The van der Waals surface area contributed by atoms with Gasteiger partial charge in [-0.05, 0) is 44.9 Å². The first-order valence-electron chi connectivity index (χ1n) is 5.66. The summed E-state index contributed by atoms with van der Waals surface area (Å²) >= 11 is 4.22. The topological polar surface area (TPSA) is 9.23 Å². The molecule has 0 saturated carbocycles. The standard InChI is InChI=1S/C14H20OS/c1-11(2)15-14(9-6-10-16)13-8-5-4-7-12(13)3/h5,8-9,16H,1,4,6-7,10H2,2-3H3/b14-9-. The highest BCUT2D eigenvalue weighted by Crippen LogP contribution is 2.26. The van der Waals surface area contributed by atoms with Crippen LogP contribution in [0.1, 0.15) is 33.1 Å². The molecule has 88 valence electrons. The van der Waals surface area contributed by atoms with Gasteiger partial charge in [-0.2, -0.15) is 12.6 Å². The molecule has 0 unspecified atom stereocenters. The predicted octanol–water partition coefficient (Wildman–Crippen LogP) is 4.41. The molecule has 16 heavy (non-hydrogen) atoms.